The topological polar surface area (TPSA) is 35.8 Å². The van der Waals surface area contributed by atoms with Crippen molar-refractivity contribution in [1.82, 2.24) is 0 Å². The summed E-state index contributed by atoms with van der Waals surface area (Å²) in [5, 5.41) is 12.6. The van der Waals surface area contributed by atoms with Crippen molar-refractivity contribution in [3.05, 3.63) is 28.2 Å². The largest absolute Gasteiger partial charge is 0.382 e. The quantitative estimate of drug-likeness (QED) is 0.869. The van der Waals surface area contributed by atoms with Crippen LogP contribution in [-0.2, 0) is 0 Å². The SMILES string of the molecule is CC1CCCC(Nc2cc(Br)cc(C#N)c2)C1C. The van der Waals surface area contributed by atoms with E-state index in [0.717, 1.165) is 16.1 Å². The number of benzene rings is 1. The smallest absolute Gasteiger partial charge is 0.0992 e. The Balaban J connectivity index is 2.13. The van der Waals surface area contributed by atoms with Crippen LogP contribution in [0, 0.1) is 23.2 Å². The van der Waals surface area contributed by atoms with E-state index in [1.807, 2.05) is 18.2 Å². The lowest BCUT2D eigenvalue weighted by Gasteiger charge is -2.35. The Morgan fingerprint density at radius 3 is 2.78 bits per heavy atom. The molecule has 0 bridgehead atoms. The first-order valence-electron chi connectivity index (χ1n) is 6.57. The van der Waals surface area contributed by atoms with Crippen LogP contribution in [0.15, 0.2) is 22.7 Å². The Hall–Kier alpha value is -1.01. The lowest BCUT2D eigenvalue weighted by Crippen LogP contribution is -2.35. The van der Waals surface area contributed by atoms with E-state index < -0.39 is 0 Å². The van der Waals surface area contributed by atoms with Crippen molar-refractivity contribution < 1.29 is 0 Å². The third kappa shape index (κ3) is 3.05. The summed E-state index contributed by atoms with van der Waals surface area (Å²) in [5.74, 6) is 1.46. The molecule has 2 rings (SSSR count). The minimum absolute atomic E-state index is 0.523. The number of anilines is 1. The first kappa shape index (κ1) is 13.4. The van der Waals surface area contributed by atoms with Crippen molar-refractivity contribution in [2.75, 3.05) is 5.32 Å². The summed E-state index contributed by atoms with van der Waals surface area (Å²) in [6.07, 6.45) is 3.85. The molecular formula is C15H19BrN2. The van der Waals surface area contributed by atoms with Gasteiger partial charge in [-0.1, -0.05) is 42.6 Å². The first-order valence-corrected chi connectivity index (χ1v) is 7.36. The Morgan fingerprint density at radius 2 is 2.06 bits per heavy atom. The number of hydrogen-bond acceptors (Lipinski definition) is 2. The van der Waals surface area contributed by atoms with Crippen molar-refractivity contribution in [3.8, 4) is 6.07 Å². The zero-order valence-electron chi connectivity index (χ0n) is 10.9. The van der Waals surface area contributed by atoms with Crippen LogP contribution in [-0.4, -0.2) is 6.04 Å². The van der Waals surface area contributed by atoms with Crippen LogP contribution in [0.3, 0.4) is 0 Å². The van der Waals surface area contributed by atoms with Crippen molar-refractivity contribution in [1.29, 1.82) is 5.26 Å². The molecule has 3 atom stereocenters. The summed E-state index contributed by atoms with van der Waals surface area (Å²) in [7, 11) is 0. The summed E-state index contributed by atoms with van der Waals surface area (Å²) in [6.45, 7) is 4.66. The van der Waals surface area contributed by atoms with E-state index in [2.05, 4.69) is 41.2 Å². The predicted octanol–water partition coefficient (Wildman–Crippen LogP) is 4.56. The molecule has 2 nitrogen and oxygen atoms in total. The van der Waals surface area contributed by atoms with Crippen LogP contribution in [0.5, 0.6) is 0 Å². The van der Waals surface area contributed by atoms with E-state index in [1.54, 1.807) is 0 Å². The van der Waals surface area contributed by atoms with Gasteiger partial charge < -0.3 is 5.32 Å². The lowest BCUT2D eigenvalue weighted by molar-refractivity contribution is 0.253. The fraction of sp³-hybridized carbons (Fsp3) is 0.533. The van der Waals surface area contributed by atoms with Gasteiger partial charge in [0.05, 0.1) is 11.6 Å². The van der Waals surface area contributed by atoms with Crippen molar-refractivity contribution in [3.63, 3.8) is 0 Å². The van der Waals surface area contributed by atoms with Crippen LogP contribution in [0.25, 0.3) is 0 Å². The van der Waals surface area contributed by atoms with E-state index in [0.29, 0.717) is 17.5 Å². The summed E-state index contributed by atoms with van der Waals surface area (Å²) in [5.41, 5.74) is 1.75. The van der Waals surface area contributed by atoms with Gasteiger partial charge in [-0.2, -0.15) is 5.26 Å². The number of nitriles is 1. The normalized spacial score (nSPS) is 27.6. The van der Waals surface area contributed by atoms with E-state index >= 15 is 0 Å². The molecule has 1 N–H and O–H groups in total. The van der Waals surface area contributed by atoms with Gasteiger partial charge in [-0.15, -0.1) is 0 Å². The average molecular weight is 307 g/mol. The third-order valence-corrected chi connectivity index (χ3v) is 4.54. The zero-order chi connectivity index (χ0) is 13.1. The fourth-order valence-corrected chi connectivity index (χ4v) is 3.23. The molecule has 3 unspecified atom stereocenters. The van der Waals surface area contributed by atoms with Crippen molar-refractivity contribution >= 4 is 21.6 Å². The summed E-state index contributed by atoms with van der Waals surface area (Å²) < 4.78 is 0.959. The van der Waals surface area contributed by atoms with E-state index in [-0.39, 0.29) is 0 Å². The standard InChI is InChI=1S/C15H19BrN2/c1-10-4-3-5-15(11(10)2)18-14-7-12(9-17)6-13(16)8-14/h6-8,10-11,15,18H,3-5H2,1-2H3. The van der Waals surface area contributed by atoms with E-state index in [1.165, 1.54) is 19.3 Å². The second kappa shape index (κ2) is 5.75. The van der Waals surface area contributed by atoms with E-state index in [9.17, 15) is 0 Å². The summed E-state index contributed by atoms with van der Waals surface area (Å²) in [6, 6.07) is 8.54. The van der Waals surface area contributed by atoms with Crippen LogP contribution >= 0.6 is 15.9 Å². The maximum absolute atomic E-state index is 8.99. The highest BCUT2D eigenvalue weighted by molar-refractivity contribution is 9.10. The molecule has 0 heterocycles. The molecule has 1 aromatic carbocycles. The molecule has 0 saturated heterocycles. The van der Waals surface area contributed by atoms with Gasteiger partial charge in [-0.25, -0.2) is 0 Å². The maximum Gasteiger partial charge on any atom is 0.0992 e. The van der Waals surface area contributed by atoms with Crippen molar-refractivity contribution in [2.45, 2.75) is 39.2 Å². The third-order valence-electron chi connectivity index (χ3n) is 4.09. The molecule has 1 aromatic rings. The Morgan fingerprint density at radius 1 is 1.28 bits per heavy atom. The highest BCUT2D eigenvalue weighted by Gasteiger charge is 2.26. The lowest BCUT2D eigenvalue weighted by atomic mass is 9.78. The highest BCUT2D eigenvalue weighted by Crippen LogP contribution is 2.32. The van der Waals surface area contributed by atoms with Crippen LogP contribution in [0.4, 0.5) is 5.69 Å². The molecule has 0 amide bonds. The molecule has 18 heavy (non-hydrogen) atoms. The van der Waals surface area contributed by atoms with Gasteiger partial charge >= 0.3 is 0 Å². The van der Waals surface area contributed by atoms with Gasteiger partial charge in [-0.05, 0) is 36.5 Å². The number of halogens is 1. The Bertz CT molecular complexity index is 464. The molecule has 1 fully saturated rings. The second-order valence-corrected chi connectivity index (χ2v) is 6.27. The second-order valence-electron chi connectivity index (χ2n) is 5.36. The molecule has 0 radical (unpaired) electrons. The molecule has 96 valence electrons. The number of rotatable bonds is 2. The molecule has 3 heteroatoms. The minimum atomic E-state index is 0.523. The van der Waals surface area contributed by atoms with Gasteiger partial charge in [0, 0.05) is 16.2 Å². The average Bonchev–Trinajstić information content (AvgIpc) is 2.34. The monoisotopic (exact) mass is 306 g/mol. The number of nitrogens with zero attached hydrogens (tertiary/aromatic N) is 1. The van der Waals surface area contributed by atoms with Crippen LogP contribution in [0.1, 0.15) is 38.7 Å². The summed E-state index contributed by atoms with van der Waals surface area (Å²) in [4.78, 5) is 0. The predicted molar refractivity (Wildman–Crippen MR) is 78.4 cm³/mol. The molecule has 0 aliphatic heterocycles. The number of nitrogens with one attached hydrogen (secondary N) is 1. The zero-order valence-corrected chi connectivity index (χ0v) is 12.5. The highest BCUT2D eigenvalue weighted by atomic mass is 79.9. The van der Waals surface area contributed by atoms with Gasteiger partial charge in [0.15, 0.2) is 0 Å². The first-order chi connectivity index (χ1) is 8.60. The van der Waals surface area contributed by atoms with Crippen LogP contribution < -0.4 is 5.32 Å². The number of hydrogen-bond donors (Lipinski definition) is 1. The molecular weight excluding hydrogens is 288 g/mol. The summed E-state index contributed by atoms with van der Waals surface area (Å²) >= 11 is 3.45. The Labute approximate surface area is 118 Å². The molecule has 1 aliphatic rings. The van der Waals surface area contributed by atoms with Crippen LogP contribution in [0.2, 0.25) is 0 Å². The van der Waals surface area contributed by atoms with Gasteiger partial charge in [0.2, 0.25) is 0 Å². The maximum atomic E-state index is 8.99. The van der Waals surface area contributed by atoms with Gasteiger partial charge in [0.25, 0.3) is 0 Å². The molecule has 0 spiro atoms. The van der Waals surface area contributed by atoms with E-state index in [4.69, 9.17) is 5.26 Å². The molecule has 1 aliphatic carbocycles. The minimum Gasteiger partial charge on any atom is -0.382 e. The van der Waals surface area contributed by atoms with Gasteiger partial charge in [0.1, 0.15) is 0 Å². The van der Waals surface area contributed by atoms with Gasteiger partial charge in [-0.3, -0.25) is 0 Å². The molecule has 0 aromatic heterocycles. The fourth-order valence-electron chi connectivity index (χ4n) is 2.74. The Kier molecular flexibility index (Phi) is 4.29. The van der Waals surface area contributed by atoms with Crippen molar-refractivity contribution in [2.24, 2.45) is 11.8 Å². The molecule has 1 saturated carbocycles.